The molecule has 0 unspecified atom stereocenters. The zero-order chi connectivity index (χ0) is 96.5. The van der Waals surface area contributed by atoms with Gasteiger partial charge >= 0.3 is 18.3 Å². The number of likely N-dealkylation sites (N-methyl/N-ethyl adjacent to an activating group) is 3. The van der Waals surface area contributed by atoms with E-state index in [1.807, 2.05) is 48.5 Å². The quantitative estimate of drug-likeness (QED) is 0.0106. The van der Waals surface area contributed by atoms with Gasteiger partial charge < -0.3 is 98.7 Å². The van der Waals surface area contributed by atoms with Crippen LogP contribution in [-0.2, 0) is 71.3 Å². The Morgan fingerprint density at radius 2 is 0.682 bits per heavy atom. The third-order valence-electron chi connectivity index (χ3n) is 22.1. The molecule has 3 aliphatic rings. The van der Waals surface area contributed by atoms with Crippen molar-refractivity contribution in [3.05, 3.63) is 156 Å². The van der Waals surface area contributed by atoms with E-state index in [4.69, 9.17) is 53.1 Å². The number of Topliss-reactive ketones (excluding diaryl/α,β-unsaturated/α-hetero) is 2. The lowest BCUT2D eigenvalue weighted by Gasteiger charge is -2.25. The fourth-order valence-electron chi connectivity index (χ4n) is 14.6. The number of hydrogen-bond donors (Lipinski definition) is 7. The number of fused-ring (bicyclic) bond motifs is 3. The first-order valence-corrected chi connectivity index (χ1v) is 44.8. The van der Waals surface area contributed by atoms with Crippen molar-refractivity contribution in [3.8, 4) is 0 Å². The number of aryl methyl sites for hydroxylation is 3. The highest BCUT2D eigenvalue weighted by Crippen LogP contribution is 2.38. The highest BCUT2D eigenvalue weighted by Gasteiger charge is 2.36. The van der Waals surface area contributed by atoms with Crippen molar-refractivity contribution in [1.29, 1.82) is 0 Å². The maximum atomic E-state index is 14.0. The number of aromatic nitrogens is 3. The van der Waals surface area contributed by atoms with Gasteiger partial charge in [-0.1, -0.05) is 41.5 Å². The van der Waals surface area contributed by atoms with Gasteiger partial charge in [0.15, 0.2) is 5.78 Å². The molecular weight excluding hydrogens is 1720 g/mol. The average molecular weight is 1850 g/mol. The van der Waals surface area contributed by atoms with Crippen LogP contribution in [0.2, 0.25) is 0 Å². The Labute approximate surface area is 769 Å². The molecule has 132 heavy (non-hydrogen) atoms. The van der Waals surface area contributed by atoms with Gasteiger partial charge in [-0.25, -0.2) is 42.3 Å². The lowest BCUT2D eigenvalue weighted by molar-refractivity contribution is -0.124. The Bertz CT molecular complexity index is 4800. The number of nitrogens with two attached hydrogens (primary N) is 1. The highest BCUT2D eigenvalue weighted by molar-refractivity contribution is 6.36. The third-order valence-corrected chi connectivity index (χ3v) is 22.1. The summed E-state index contributed by atoms with van der Waals surface area (Å²) in [5, 5.41) is 8.16. The molecule has 6 heterocycles. The van der Waals surface area contributed by atoms with Crippen LogP contribution < -0.4 is 21.7 Å². The van der Waals surface area contributed by atoms with E-state index in [0.717, 1.165) is 54.0 Å². The molecule has 3 aromatic heterocycles. The van der Waals surface area contributed by atoms with E-state index in [0.29, 0.717) is 208 Å². The maximum Gasteiger partial charge on any atom is 0.416 e. The van der Waals surface area contributed by atoms with Crippen molar-refractivity contribution in [2.45, 2.75) is 122 Å². The van der Waals surface area contributed by atoms with E-state index in [2.05, 4.69) is 45.6 Å². The van der Waals surface area contributed by atoms with E-state index >= 15 is 0 Å². The van der Waals surface area contributed by atoms with Crippen LogP contribution in [0, 0.1) is 59.0 Å². The number of halogens is 3. The van der Waals surface area contributed by atoms with Crippen molar-refractivity contribution < 1.29 is 113 Å². The number of ketones is 2. The molecule has 8 N–H and O–H groups in total. The van der Waals surface area contributed by atoms with E-state index in [1.165, 1.54) is 54.6 Å². The topological polar surface area (TPSA) is 409 Å². The van der Waals surface area contributed by atoms with Crippen LogP contribution in [0.3, 0.4) is 0 Å². The first-order chi connectivity index (χ1) is 63.4. The zero-order valence-corrected chi connectivity index (χ0v) is 78.4. The fraction of sp³-hybridized carbons (Fsp3) is 0.505. The minimum absolute atomic E-state index is 0.0125. The Kier molecular flexibility index (Phi) is 45.6. The van der Waals surface area contributed by atoms with Crippen LogP contribution in [0.1, 0.15) is 179 Å². The lowest BCUT2D eigenvalue weighted by Crippen LogP contribution is -2.43. The first-order valence-electron chi connectivity index (χ1n) is 44.8. The minimum atomic E-state index is -0.801. The van der Waals surface area contributed by atoms with Crippen LogP contribution in [0.5, 0.6) is 0 Å². The molecule has 34 nitrogen and oxygen atoms in total. The molecule has 3 aromatic carbocycles. The summed E-state index contributed by atoms with van der Waals surface area (Å²) >= 11 is 0. The molecule has 0 spiro atoms. The van der Waals surface area contributed by atoms with Gasteiger partial charge in [0.2, 0.25) is 0 Å². The summed E-state index contributed by atoms with van der Waals surface area (Å²) in [7, 11) is 1.59. The van der Waals surface area contributed by atoms with E-state index in [1.54, 1.807) is 66.9 Å². The van der Waals surface area contributed by atoms with Crippen LogP contribution in [0.15, 0.2) is 54.6 Å². The second kappa shape index (κ2) is 55.9. The van der Waals surface area contributed by atoms with Gasteiger partial charge in [-0.3, -0.25) is 38.4 Å². The van der Waals surface area contributed by atoms with Crippen molar-refractivity contribution in [2.75, 3.05) is 214 Å². The minimum Gasteiger partial charge on any atom is -0.447 e. The first kappa shape index (κ1) is 108. The molecule has 9 amide bonds. The summed E-state index contributed by atoms with van der Waals surface area (Å²) in [6.07, 6.45) is 4.44. The number of aromatic amines is 3. The van der Waals surface area contributed by atoms with Crippen molar-refractivity contribution in [3.63, 3.8) is 0 Å². The van der Waals surface area contributed by atoms with Crippen LogP contribution >= 0.6 is 0 Å². The average Bonchev–Trinajstić information content (AvgIpc) is 1.64. The molecule has 0 atom stereocenters. The lowest BCUT2D eigenvalue weighted by atomic mass is 10.0. The second-order valence-corrected chi connectivity index (χ2v) is 30.9. The number of nitrogens with zero attached hydrogens (tertiary/aromatic N) is 6. The molecule has 0 fully saturated rings. The Balaban J connectivity index is 0.000000272. The molecule has 0 saturated heterocycles. The van der Waals surface area contributed by atoms with Gasteiger partial charge in [0.25, 0.3) is 35.4 Å². The summed E-state index contributed by atoms with van der Waals surface area (Å²) in [6, 6.07) is 12.2. The predicted octanol–water partition coefficient (Wildman–Crippen LogP) is 12.4. The van der Waals surface area contributed by atoms with Gasteiger partial charge in [0.05, 0.1) is 92.9 Å². The number of methoxy groups -OCH3 is 1. The van der Waals surface area contributed by atoms with E-state index in [9.17, 15) is 65.9 Å². The highest BCUT2D eigenvalue weighted by atomic mass is 19.1. The predicted molar refractivity (Wildman–Crippen MR) is 495 cm³/mol. The Hall–Kier alpha value is -11.4. The number of H-pyrrole nitrogens is 3. The molecule has 6 aromatic rings. The SMILES string of the molecule is CCN(CC)CCN(C(=O)OCCOCCCC(=O)CCOCCOC)C(=O)c1c(C)[nH]c(/C=C2\C(=O)Nc3ccc(F)cc32)c1C.CCN(CC)CCN(C(=O)OCCOCCN)C(=O)c1c(C)[nH]c(/C=C2\C(=O)Nc3ccc(F)cc32)c1C.CCOCCOCC(=O)CCCOCCOC(=O)N(CCN(CC)CC)C(=O)c1c(C)[nH]c(/C=C2\C(=O)Nc3ccc(F)cc32)c1C. The molecule has 3 aliphatic heterocycles. The summed E-state index contributed by atoms with van der Waals surface area (Å²) in [4.78, 5) is 162. The summed E-state index contributed by atoms with van der Waals surface area (Å²) in [5.74, 6) is -4.07. The van der Waals surface area contributed by atoms with Gasteiger partial charge in [-0.2, -0.15) is 0 Å². The van der Waals surface area contributed by atoms with Crippen molar-refractivity contribution in [1.82, 2.24) is 44.4 Å². The van der Waals surface area contributed by atoms with E-state index < -0.39 is 53.5 Å². The largest absolute Gasteiger partial charge is 0.447 e. The molecule has 0 radical (unpaired) electrons. The van der Waals surface area contributed by atoms with Gasteiger partial charge in [0.1, 0.15) is 49.7 Å². The number of anilines is 3. The van der Waals surface area contributed by atoms with Gasteiger partial charge in [-0.05, 0) is 190 Å². The number of amides is 9. The number of imide groups is 3. The molecule has 722 valence electrons. The summed E-state index contributed by atoms with van der Waals surface area (Å²) in [6.45, 7) is 34.8. The fourth-order valence-corrected chi connectivity index (χ4v) is 14.6. The molecule has 37 heteroatoms. The normalized spacial score (nSPS) is 13.4. The summed E-state index contributed by atoms with van der Waals surface area (Å²) in [5.41, 5.74) is 14.6. The molecule has 0 saturated carbocycles. The van der Waals surface area contributed by atoms with Crippen molar-refractivity contribution >= 4 is 117 Å². The number of rotatable bonds is 52. The number of hydrogen-bond acceptors (Lipinski definition) is 25. The molecule has 0 aliphatic carbocycles. The molecular formula is C95H130F3N13O21. The maximum absolute atomic E-state index is 14.0. The smallest absolute Gasteiger partial charge is 0.416 e. The van der Waals surface area contributed by atoms with Crippen molar-refractivity contribution in [2.24, 2.45) is 5.73 Å². The molecule has 9 rings (SSSR count). The number of ether oxygens (including phenoxy) is 10. The molecule has 0 bridgehead atoms. The second-order valence-electron chi connectivity index (χ2n) is 30.9. The Morgan fingerprint density at radius 1 is 0.371 bits per heavy atom. The van der Waals surface area contributed by atoms with Crippen LogP contribution in [-0.4, -0.2) is 308 Å². The number of carbonyl (C=O) groups excluding carboxylic acids is 11. The zero-order valence-electron chi connectivity index (χ0n) is 78.4. The third kappa shape index (κ3) is 31.7. The van der Waals surface area contributed by atoms with Crippen LogP contribution in [0.4, 0.5) is 44.6 Å². The van der Waals surface area contributed by atoms with Gasteiger partial charge in [0, 0.05) is 160 Å². The van der Waals surface area contributed by atoms with Crippen LogP contribution in [0.25, 0.3) is 34.9 Å². The number of nitrogens with one attached hydrogen (secondary N) is 6. The van der Waals surface area contributed by atoms with Gasteiger partial charge in [-0.15, -0.1) is 0 Å². The van der Waals surface area contributed by atoms with E-state index in [-0.39, 0.29) is 123 Å². The Morgan fingerprint density at radius 3 is 1.01 bits per heavy atom. The standard InChI is InChI=1S/2C34H47FN4O8.C27H36FN5O5/c1-6-38(7-2)13-14-39(34(43)47-20-19-45-15-8-9-26(40)12-16-46-18-17-44-5)33(42)31-23(3)30(36-24(31)4)22-28-27-21-25(35)10-11-29(27)37-32(28)41;1-6-38(7-2)13-14-39(34(43)47-19-18-45-15-9-10-26(40)22-46-17-16-44-8-3)33(42)31-23(4)30(36-24(31)5)21-28-27-20-25(35)11-12-29(27)37-32(28)41;1-5-32(6-2)10-11-33(27(36)38-14-13-37-12-9-29)26(35)24-17(3)23(30-18(24)4)16-21-20-15-19(28)7-8-22(20)31-25(21)34/h10-11,21-22,36H,6-9,12-20H2,1-5H3,(H,37,41);11-12,20-21,36H,6-10,13-19,22H2,1-5H3,(H,37,41);7-8,15-16,30H,5-6,9-14,29H2,1-4H3,(H,31,34)/b28-22-;28-21-;21-16-. The number of carbonyl (C=O) groups is 11. The summed E-state index contributed by atoms with van der Waals surface area (Å²) < 4.78 is 94.9. The number of benzene rings is 3. The monoisotopic (exact) mass is 1850 g/mol.